The number of nitrogens with one attached hydrogen (secondary N) is 2. The van der Waals surface area contributed by atoms with Crippen molar-refractivity contribution < 1.29 is 9.21 Å². The molecule has 0 bridgehead atoms. The third kappa shape index (κ3) is 2.78. The van der Waals surface area contributed by atoms with Crippen molar-refractivity contribution in [3.05, 3.63) is 48.1 Å². The summed E-state index contributed by atoms with van der Waals surface area (Å²) in [5, 5.41) is 6.21. The van der Waals surface area contributed by atoms with Crippen LogP contribution in [0.4, 0.5) is 5.69 Å². The lowest BCUT2D eigenvalue weighted by atomic mass is 9.94. The molecule has 0 unspecified atom stereocenters. The molecule has 0 atom stereocenters. The Labute approximate surface area is 139 Å². The third-order valence-corrected chi connectivity index (χ3v) is 4.36. The largest absolute Gasteiger partial charge is 0.447 e. The molecule has 3 aromatic rings. The van der Waals surface area contributed by atoms with Crippen molar-refractivity contribution >= 4 is 17.2 Å². The van der Waals surface area contributed by atoms with Gasteiger partial charge in [-0.2, -0.15) is 0 Å². The van der Waals surface area contributed by atoms with Gasteiger partial charge in [0.2, 0.25) is 0 Å². The van der Waals surface area contributed by atoms with Gasteiger partial charge in [-0.1, -0.05) is 0 Å². The molecule has 4 heterocycles. The fourth-order valence-electron chi connectivity index (χ4n) is 3.18. The van der Waals surface area contributed by atoms with Crippen molar-refractivity contribution in [3.8, 4) is 0 Å². The standard InChI is InChI=1S/C17H19N5O2/c1-11-9-22-7-4-13(8-14(22)20-11)21-17(23)15-16(24-10-19-15)12-2-5-18-6-3-12/h4,7-10,12,18H,2-3,5-6H2,1H3,(H,21,23). The van der Waals surface area contributed by atoms with Gasteiger partial charge in [-0.15, -0.1) is 0 Å². The number of rotatable bonds is 3. The summed E-state index contributed by atoms with van der Waals surface area (Å²) in [5.41, 5.74) is 2.80. The van der Waals surface area contributed by atoms with Crippen molar-refractivity contribution in [2.24, 2.45) is 0 Å². The van der Waals surface area contributed by atoms with E-state index in [1.807, 2.05) is 35.9 Å². The fourth-order valence-corrected chi connectivity index (χ4v) is 3.18. The van der Waals surface area contributed by atoms with E-state index in [2.05, 4.69) is 20.6 Å². The first kappa shape index (κ1) is 14.9. The topological polar surface area (TPSA) is 84.5 Å². The lowest BCUT2D eigenvalue weighted by molar-refractivity contribution is 0.102. The zero-order valence-corrected chi connectivity index (χ0v) is 13.5. The molecule has 124 valence electrons. The van der Waals surface area contributed by atoms with Gasteiger partial charge in [-0.3, -0.25) is 4.79 Å². The van der Waals surface area contributed by atoms with Crippen molar-refractivity contribution in [2.45, 2.75) is 25.7 Å². The van der Waals surface area contributed by atoms with Gasteiger partial charge in [0.05, 0.1) is 5.69 Å². The summed E-state index contributed by atoms with van der Waals surface area (Å²) in [5.74, 6) is 0.684. The lowest BCUT2D eigenvalue weighted by Crippen LogP contribution is -2.27. The minimum Gasteiger partial charge on any atom is -0.447 e. The second-order valence-corrected chi connectivity index (χ2v) is 6.11. The third-order valence-electron chi connectivity index (χ3n) is 4.36. The molecule has 0 aromatic carbocycles. The molecule has 1 saturated heterocycles. The normalized spacial score (nSPS) is 15.7. The molecule has 24 heavy (non-hydrogen) atoms. The number of nitrogens with zero attached hydrogens (tertiary/aromatic N) is 3. The smallest absolute Gasteiger partial charge is 0.277 e. The highest BCUT2D eigenvalue weighted by Gasteiger charge is 2.26. The summed E-state index contributed by atoms with van der Waals surface area (Å²) in [6.07, 6.45) is 7.08. The van der Waals surface area contributed by atoms with Crippen LogP contribution < -0.4 is 10.6 Å². The zero-order valence-electron chi connectivity index (χ0n) is 13.5. The molecule has 3 aromatic heterocycles. The van der Waals surface area contributed by atoms with Crippen LogP contribution in [0, 0.1) is 6.92 Å². The van der Waals surface area contributed by atoms with Gasteiger partial charge in [-0.05, 0) is 38.9 Å². The maximum absolute atomic E-state index is 12.6. The van der Waals surface area contributed by atoms with E-state index in [9.17, 15) is 4.79 Å². The minimum atomic E-state index is -0.245. The molecule has 1 aliphatic heterocycles. The quantitative estimate of drug-likeness (QED) is 0.772. The second kappa shape index (κ2) is 6.09. The van der Waals surface area contributed by atoms with Crippen molar-refractivity contribution in [3.63, 3.8) is 0 Å². The number of pyridine rings is 1. The molecule has 7 heteroatoms. The molecular formula is C17H19N5O2. The van der Waals surface area contributed by atoms with Crippen molar-refractivity contribution in [1.29, 1.82) is 0 Å². The summed E-state index contributed by atoms with van der Waals surface area (Å²) in [4.78, 5) is 21.1. The summed E-state index contributed by atoms with van der Waals surface area (Å²) < 4.78 is 7.44. The van der Waals surface area contributed by atoms with E-state index < -0.39 is 0 Å². The molecule has 1 aliphatic rings. The van der Waals surface area contributed by atoms with Crippen LogP contribution in [-0.2, 0) is 0 Å². The molecule has 0 radical (unpaired) electrons. The van der Waals surface area contributed by atoms with Crippen LogP contribution in [0.25, 0.3) is 5.65 Å². The number of oxazole rings is 1. The maximum atomic E-state index is 12.6. The first-order valence-corrected chi connectivity index (χ1v) is 8.11. The van der Waals surface area contributed by atoms with Crippen LogP contribution in [0.15, 0.2) is 35.3 Å². The van der Waals surface area contributed by atoms with E-state index in [1.54, 1.807) is 0 Å². The number of hydrogen-bond donors (Lipinski definition) is 2. The molecular weight excluding hydrogens is 306 g/mol. The molecule has 4 rings (SSSR count). The van der Waals surface area contributed by atoms with E-state index in [1.165, 1.54) is 6.39 Å². The van der Waals surface area contributed by atoms with E-state index >= 15 is 0 Å². The Bertz CT molecular complexity index is 876. The van der Waals surface area contributed by atoms with Gasteiger partial charge < -0.3 is 19.5 Å². The van der Waals surface area contributed by atoms with Crippen LogP contribution in [-0.4, -0.2) is 33.4 Å². The molecule has 2 N–H and O–H groups in total. The lowest BCUT2D eigenvalue weighted by Gasteiger charge is -2.21. The first-order chi connectivity index (χ1) is 11.7. The van der Waals surface area contributed by atoms with E-state index in [4.69, 9.17) is 4.42 Å². The predicted molar refractivity (Wildman–Crippen MR) is 89.2 cm³/mol. The van der Waals surface area contributed by atoms with Crippen molar-refractivity contribution in [1.82, 2.24) is 19.7 Å². The molecule has 0 saturated carbocycles. The van der Waals surface area contributed by atoms with Crippen LogP contribution in [0.2, 0.25) is 0 Å². The number of carbonyl (C=O) groups excluding carboxylic acids is 1. The molecule has 1 fully saturated rings. The van der Waals surface area contributed by atoms with Gasteiger partial charge in [0.25, 0.3) is 5.91 Å². The summed E-state index contributed by atoms with van der Waals surface area (Å²) in [7, 11) is 0. The highest BCUT2D eigenvalue weighted by molar-refractivity contribution is 6.03. The number of fused-ring (bicyclic) bond motifs is 1. The van der Waals surface area contributed by atoms with Gasteiger partial charge in [-0.25, -0.2) is 9.97 Å². The Morgan fingerprint density at radius 3 is 3.08 bits per heavy atom. The Hall–Kier alpha value is -2.67. The number of aryl methyl sites for hydroxylation is 1. The number of anilines is 1. The Kier molecular flexibility index (Phi) is 3.78. The van der Waals surface area contributed by atoms with Gasteiger partial charge in [0, 0.05) is 30.1 Å². The number of imidazole rings is 1. The Morgan fingerprint density at radius 2 is 2.25 bits per heavy atom. The molecule has 7 nitrogen and oxygen atoms in total. The fraction of sp³-hybridized carbons (Fsp3) is 0.353. The Morgan fingerprint density at radius 1 is 1.42 bits per heavy atom. The highest BCUT2D eigenvalue weighted by atomic mass is 16.3. The van der Waals surface area contributed by atoms with E-state index in [0.29, 0.717) is 17.1 Å². The SMILES string of the molecule is Cc1cn2ccc(NC(=O)c3ncoc3C3CCNCC3)cc2n1. The summed E-state index contributed by atoms with van der Waals surface area (Å²) in [6.45, 7) is 3.80. The zero-order chi connectivity index (χ0) is 16.5. The first-order valence-electron chi connectivity index (χ1n) is 8.11. The van der Waals surface area contributed by atoms with E-state index in [-0.39, 0.29) is 11.8 Å². The number of hydrogen-bond acceptors (Lipinski definition) is 5. The molecule has 0 spiro atoms. The molecule has 1 amide bonds. The molecule has 0 aliphatic carbocycles. The predicted octanol–water partition coefficient (Wildman–Crippen LogP) is 2.35. The number of carbonyl (C=O) groups is 1. The Balaban J connectivity index is 1.56. The van der Waals surface area contributed by atoms with Crippen molar-refractivity contribution in [2.75, 3.05) is 18.4 Å². The van der Waals surface area contributed by atoms with Crippen LogP contribution in [0.1, 0.15) is 40.7 Å². The number of piperidine rings is 1. The van der Waals surface area contributed by atoms with Gasteiger partial charge in [0.1, 0.15) is 11.4 Å². The van der Waals surface area contributed by atoms with Gasteiger partial charge >= 0.3 is 0 Å². The average Bonchev–Trinajstić information content (AvgIpc) is 3.21. The van der Waals surface area contributed by atoms with E-state index in [0.717, 1.165) is 37.3 Å². The summed E-state index contributed by atoms with van der Waals surface area (Å²) in [6, 6.07) is 3.69. The minimum absolute atomic E-state index is 0.243. The number of aromatic nitrogens is 3. The van der Waals surface area contributed by atoms with Crippen LogP contribution in [0.3, 0.4) is 0 Å². The van der Waals surface area contributed by atoms with Gasteiger partial charge in [0.15, 0.2) is 12.1 Å². The van der Waals surface area contributed by atoms with Crippen LogP contribution in [0.5, 0.6) is 0 Å². The average molecular weight is 325 g/mol. The number of amides is 1. The summed E-state index contributed by atoms with van der Waals surface area (Å²) >= 11 is 0. The monoisotopic (exact) mass is 325 g/mol. The highest BCUT2D eigenvalue weighted by Crippen LogP contribution is 2.28. The van der Waals surface area contributed by atoms with Crippen LogP contribution >= 0.6 is 0 Å². The second-order valence-electron chi connectivity index (χ2n) is 6.11. The maximum Gasteiger partial charge on any atom is 0.277 e.